The SMILES string of the molecule is CC1CC(=O)NN1CC(=O)N1CCN(S(=O)(=O)C=Cc2ccccc2)CC1. The van der Waals surface area contributed by atoms with Gasteiger partial charge in [-0.2, -0.15) is 4.31 Å². The Bertz CT molecular complexity index is 817. The van der Waals surface area contributed by atoms with Crippen LogP contribution in [0.5, 0.6) is 0 Å². The molecule has 2 fully saturated rings. The average Bonchev–Trinajstić information content (AvgIpc) is 2.98. The van der Waals surface area contributed by atoms with Gasteiger partial charge in [-0.3, -0.25) is 15.0 Å². The van der Waals surface area contributed by atoms with E-state index >= 15 is 0 Å². The minimum Gasteiger partial charge on any atom is -0.339 e. The van der Waals surface area contributed by atoms with Gasteiger partial charge in [-0.1, -0.05) is 30.3 Å². The van der Waals surface area contributed by atoms with Crippen molar-refractivity contribution in [1.82, 2.24) is 19.6 Å². The summed E-state index contributed by atoms with van der Waals surface area (Å²) in [5.74, 6) is -0.197. The molecule has 2 saturated heterocycles. The third-order valence-electron chi connectivity index (χ3n) is 4.77. The number of hydrogen-bond acceptors (Lipinski definition) is 5. The van der Waals surface area contributed by atoms with Crippen molar-refractivity contribution >= 4 is 27.9 Å². The van der Waals surface area contributed by atoms with Crippen LogP contribution in [-0.4, -0.2) is 73.2 Å². The van der Waals surface area contributed by atoms with Crippen molar-refractivity contribution in [2.24, 2.45) is 0 Å². The van der Waals surface area contributed by atoms with Gasteiger partial charge in [0, 0.05) is 44.0 Å². The Balaban J connectivity index is 1.52. The van der Waals surface area contributed by atoms with Crippen LogP contribution in [0.3, 0.4) is 0 Å². The predicted molar refractivity (Wildman–Crippen MR) is 101 cm³/mol. The number of nitrogens with one attached hydrogen (secondary N) is 1. The lowest BCUT2D eigenvalue weighted by Gasteiger charge is -2.34. The summed E-state index contributed by atoms with van der Waals surface area (Å²) in [6.45, 7) is 3.19. The van der Waals surface area contributed by atoms with E-state index < -0.39 is 10.0 Å². The van der Waals surface area contributed by atoms with Crippen molar-refractivity contribution in [1.29, 1.82) is 0 Å². The Kier molecular flexibility index (Phi) is 5.93. The van der Waals surface area contributed by atoms with Crippen molar-refractivity contribution < 1.29 is 18.0 Å². The summed E-state index contributed by atoms with van der Waals surface area (Å²) in [4.78, 5) is 25.4. The van der Waals surface area contributed by atoms with Gasteiger partial charge >= 0.3 is 0 Å². The van der Waals surface area contributed by atoms with Gasteiger partial charge in [0.25, 0.3) is 0 Å². The molecule has 2 amide bonds. The van der Waals surface area contributed by atoms with Gasteiger partial charge < -0.3 is 4.90 Å². The number of carbonyl (C=O) groups excluding carboxylic acids is 2. The average molecular weight is 392 g/mol. The molecule has 3 rings (SSSR count). The predicted octanol–water partition coefficient (Wildman–Crippen LogP) is 0.257. The largest absolute Gasteiger partial charge is 0.339 e. The molecular formula is C18H24N4O4S. The second-order valence-corrected chi connectivity index (χ2v) is 8.57. The highest BCUT2D eigenvalue weighted by atomic mass is 32.2. The van der Waals surface area contributed by atoms with E-state index in [1.807, 2.05) is 37.3 Å². The Morgan fingerprint density at radius 1 is 1.19 bits per heavy atom. The monoisotopic (exact) mass is 392 g/mol. The topological polar surface area (TPSA) is 90.0 Å². The first-order chi connectivity index (χ1) is 12.8. The molecule has 2 aliphatic rings. The summed E-state index contributed by atoms with van der Waals surface area (Å²) in [5, 5.41) is 2.84. The molecule has 8 nitrogen and oxygen atoms in total. The van der Waals surface area contributed by atoms with Crippen molar-refractivity contribution in [3.8, 4) is 0 Å². The highest BCUT2D eigenvalue weighted by Gasteiger charge is 2.32. The zero-order chi connectivity index (χ0) is 19.4. The van der Waals surface area contributed by atoms with Crippen LogP contribution in [0.4, 0.5) is 0 Å². The molecule has 1 atom stereocenters. The standard InChI is InChI=1S/C18H24N4O4S/c1-15-13-17(23)19-22(15)14-18(24)20-8-10-21(11-9-20)27(25,26)12-7-16-5-3-2-4-6-16/h2-7,12,15H,8-11,13-14H2,1H3,(H,19,23). The van der Waals surface area contributed by atoms with Gasteiger partial charge in [0.15, 0.2) is 0 Å². The van der Waals surface area contributed by atoms with E-state index in [4.69, 9.17) is 0 Å². The minimum atomic E-state index is -3.52. The molecule has 27 heavy (non-hydrogen) atoms. The summed E-state index contributed by atoms with van der Waals surface area (Å²) >= 11 is 0. The molecule has 0 aliphatic carbocycles. The Morgan fingerprint density at radius 3 is 2.44 bits per heavy atom. The zero-order valence-electron chi connectivity index (χ0n) is 15.2. The molecular weight excluding hydrogens is 368 g/mol. The van der Waals surface area contributed by atoms with E-state index in [1.54, 1.807) is 16.0 Å². The van der Waals surface area contributed by atoms with E-state index in [1.165, 1.54) is 9.71 Å². The number of amides is 2. The second kappa shape index (κ2) is 8.20. The Morgan fingerprint density at radius 2 is 1.85 bits per heavy atom. The summed E-state index contributed by atoms with van der Waals surface area (Å²) in [7, 11) is -3.52. The molecule has 1 aromatic rings. The van der Waals surface area contributed by atoms with Crippen LogP contribution in [0.15, 0.2) is 35.7 Å². The van der Waals surface area contributed by atoms with E-state index in [9.17, 15) is 18.0 Å². The molecule has 0 bridgehead atoms. The fourth-order valence-electron chi connectivity index (χ4n) is 3.14. The van der Waals surface area contributed by atoms with Gasteiger partial charge in [0.2, 0.25) is 21.8 Å². The molecule has 0 saturated carbocycles. The van der Waals surface area contributed by atoms with Crippen LogP contribution in [-0.2, 0) is 19.6 Å². The van der Waals surface area contributed by atoms with Crippen molar-refractivity contribution in [2.45, 2.75) is 19.4 Å². The molecule has 1 unspecified atom stereocenters. The smallest absolute Gasteiger partial charge is 0.238 e. The molecule has 0 spiro atoms. The lowest BCUT2D eigenvalue weighted by atomic mass is 10.2. The maximum atomic E-state index is 12.5. The molecule has 9 heteroatoms. The number of hydrazine groups is 1. The van der Waals surface area contributed by atoms with Crippen molar-refractivity contribution in [3.63, 3.8) is 0 Å². The van der Waals surface area contributed by atoms with Crippen LogP contribution in [0.1, 0.15) is 18.9 Å². The highest BCUT2D eigenvalue weighted by molar-refractivity contribution is 7.92. The normalized spacial score (nSPS) is 22.3. The number of sulfonamides is 1. The van der Waals surface area contributed by atoms with Crippen molar-refractivity contribution in [2.75, 3.05) is 32.7 Å². The van der Waals surface area contributed by atoms with Gasteiger partial charge in [-0.05, 0) is 18.6 Å². The van der Waals surface area contributed by atoms with E-state index in [0.29, 0.717) is 19.5 Å². The van der Waals surface area contributed by atoms with Crippen LogP contribution in [0, 0.1) is 0 Å². The van der Waals surface area contributed by atoms with Gasteiger partial charge in [0.05, 0.1) is 6.54 Å². The molecule has 2 heterocycles. The maximum Gasteiger partial charge on any atom is 0.238 e. The van der Waals surface area contributed by atoms with Crippen LogP contribution >= 0.6 is 0 Å². The summed E-state index contributed by atoms with van der Waals surface area (Å²) < 4.78 is 26.3. The quantitative estimate of drug-likeness (QED) is 0.776. The van der Waals surface area contributed by atoms with E-state index in [0.717, 1.165) is 5.56 Å². The summed E-state index contributed by atoms with van der Waals surface area (Å²) in [6.07, 6.45) is 1.96. The lowest BCUT2D eigenvalue weighted by molar-refractivity contribution is -0.134. The first-order valence-electron chi connectivity index (χ1n) is 8.92. The molecule has 146 valence electrons. The molecule has 1 aromatic carbocycles. The highest BCUT2D eigenvalue weighted by Crippen LogP contribution is 2.13. The Labute approximate surface area is 159 Å². The van der Waals surface area contributed by atoms with Gasteiger partial charge in [-0.15, -0.1) is 0 Å². The van der Waals surface area contributed by atoms with Crippen LogP contribution in [0.2, 0.25) is 0 Å². The number of carbonyl (C=O) groups is 2. The number of rotatable bonds is 5. The Hall–Kier alpha value is -2.23. The van der Waals surface area contributed by atoms with Gasteiger partial charge in [-0.25, -0.2) is 13.4 Å². The zero-order valence-corrected chi connectivity index (χ0v) is 16.1. The van der Waals surface area contributed by atoms with Crippen molar-refractivity contribution in [3.05, 3.63) is 41.3 Å². The molecule has 2 aliphatic heterocycles. The summed E-state index contributed by atoms with van der Waals surface area (Å²) in [6, 6.07) is 9.21. The third-order valence-corrected chi connectivity index (χ3v) is 6.33. The third kappa shape index (κ3) is 4.94. The molecule has 1 N–H and O–H groups in total. The number of piperazine rings is 1. The van der Waals surface area contributed by atoms with Crippen LogP contribution in [0.25, 0.3) is 6.08 Å². The number of benzene rings is 1. The first kappa shape index (κ1) is 19.5. The van der Waals surface area contributed by atoms with Gasteiger partial charge in [0.1, 0.15) is 0 Å². The second-order valence-electron chi connectivity index (χ2n) is 6.75. The molecule has 0 aromatic heterocycles. The van der Waals surface area contributed by atoms with E-state index in [2.05, 4.69) is 5.43 Å². The number of hydrogen-bond donors (Lipinski definition) is 1. The molecule has 0 radical (unpaired) electrons. The first-order valence-corrected chi connectivity index (χ1v) is 10.4. The summed E-state index contributed by atoms with van der Waals surface area (Å²) in [5.41, 5.74) is 3.49. The van der Waals surface area contributed by atoms with Crippen LogP contribution < -0.4 is 5.43 Å². The minimum absolute atomic E-state index is 0.0220. The van der Waals surface area contributed by atoms with E-state index in [-0.39, 0.29) is 37.5 Å². The number of nitrogens with zero attached hydrogens (tertiary/aromatic N) is 3. The maximum absolute atomic E-state index is 12.5. The fraction of sp³-hybridized carbons (Fsp3) is 0.444. The fourth-order valence-corrected chi connectivity index (χ4v) is 4.32. The lowest BCUT2D eigenvalue weighted by Crippen LogP contribution is -2.53.